The molecule has 0 unspecified atom stereocenters. The van der Waals surface area contributed by atoms with Crippen molar-refractivity contribution in [1.82, 2.24) is 5.32 Å². The summed E-state index contributed by atoms with van der Waals surface area (Å²) in [6, 6.07) is -0.859. The highest BCUT2D eigenvalue weighted by Gasteiger charge is 2.20. The average Bonchev–Trinajstić information content (AvgIpc) is 2.30. The first-order valence-corrected chi connectivity index (χ1v) is 5.70. The number of aliphatic carboxylic acids is 1. The van der Waals surface area contributed by atoms with E-state index in [2.05, 4.69) is 15.9 Å². The van der Waals surface area contributed by atoms with Gasteiger partial charge >= 0.3 is 12.0 Å². The van der Waals surface area contributed by atoms with Crippen molar-refractivity contribution in [3.8, 4) is 0 Å². The number of halogens is 3. The average molecular weight is 339 g/mol. The highest BCUT2D eigenvalue weighted by molar-refractivity contribution is 9.10. The van der Waals surface area contributed by atoms with Gasteiger partial charge in [0.1, 0.15) is 5.69 Å². The van der Waals surface area contributed by atoms with Crippen molar-refractivity contribution in [3.05, 3.63) is 28.2 Å². The lowest BCUT2D eigenvalue weighted by Gasteiger charge is -2.13. The minimum absolute atomic E-state index is 0.146. The van der Waals surface area contributed by atoms with Crippen molar-refractivity contribution in [1.29, 1.82) is 0 Å². The SMILES string of the molecule is O=C(Nc1c(F)cc(Br)cc1F)N[C@@H](CO)C(=O)O. The van der Waals surface area contributed by atoms with Gasteiger partial charge in [-0.1, -0.05) is 15.9 Å². The first kappa shape index (κ1) is 15.3. The number of hydrogen-bond acceptors (Lipinski definition) is 3. The van der Waals surface area contributed by atoms with Crippen molar-refractivity contribution in [2.75, 3.05) is 11.9 Å². The van der Waals surface area contributed by atoms with Crippen molar-refractivity contribution in [3.63, 3.8) is 0 Å². The van der Waals surface area contributed by atoms with Crippen molar-refractivity contribution >= 4 is 33.6 Å². The second-order valence-electron chi connectivity index (χ2n) is 3.42. The molecule has 0 heterocycles. The fraction of sp³-hybridized carbons (Fsp3) is 0.200. The number of hydrogen-bond donors (Lipinski definition) is 4. The maximum Gasteiger partial charge on any atom is 0.328 e. The van der Waals surface area contributed by atoms with Crippen molar-refractivity contribution in [2.24, 2.45) is 0 Å². The fourth-order valence-corrected chi connectivity index (χ4v) is 1.56. The Bertz CT molecular complexity index is 489. The lowest BCUT2D eigenvalue weighted by Crippen LogP contribution is -2.45. The number of rotatable bonds is 4. The quantitative estimate of drug-likeness (QED) is 0.664. The smallest absolute Gasteiger partial charge is 0.328 e. The number of carboxylic acids is 1. The van der Waals surface area contributed by atoms with Gasteiger partial charge in [0.05, 0.1) is 6.61 Å². The topological polar surface area (TPSA) is 98.7 Å². The van der Waals surface area contributed by atoms with Crippen LogP contribution in [0.1, 0.15) is 0 Å². The highest BCUT2D eigenvalue weighted by atomic mass is 79.9. The second kappa shape index (κ2) is 6.43. The summed E-state index contributed by atoms with van der Waals surface area (Å²) in [5, 5.41) is 20.9. The number of amides is 2. The van der Waals surface area contributed by atoms with Gasteiger partial charge in [0.2, 0.25) is 0 Å². The van der Waals surface area contributed by atoms with Crippen molar-refractivity contribution in [2.45, 2.75) is 6.04 Å². The molecule has 0 aliphatic heterocycles. The molecule has 1 rings (SSSR count). The molecule has 0 fully saturated rings. The lowest BCUT2D eigenvalue weighted by molar-refractivity contribution is -0.140. The molecule has 0 radical (unpaired) electrons. The number of nitrogens with one attached hydrogen (secondary N) is 2. The van der Waals surface area contributed by atoms with E-state index >= 15 is 0 Å². The second-order valence-corrected chi connectivity index (χ2v) is 4.33. The monoisotopic (exact) mass is 338 g/mol. The van der Waals surface area contributed by atoms with Gasteiger partial charge < -0.3 is 20.8 Å². The predicted octanol–water partition coefficient (Wildman–Crippen LogP) is 1.29. The highest BCUT2D eigenvalue weighted by Crippen LogP contribution is 2.23. The third kappa shape index (κ3) is 4.14. The molecule has 1 aromatic carbocycles. The van der Waals surface area contributed by atoms with E-state index in [1.165, 1.54) is 0 Å². The van der Waals surface area contributed by atoms with Gasteiger partial charge in [0, 0.05) is 4.47 Å². The Morgan fingerprint density at radius 3 is 2.26 bits per heavy atom. The summed E-state index contributed by atoms with van der Waals surface area (Å²) in [6.45, 7) is -0.853. The number of aliphatic hydroxyl groups excluding tert-OH is 1. The van der Waals surface area contributed by atoms with Gasteiger partial charge in [-0.2, -0.15) is 0 Å². The van der Waals surface area contributed by atoms with Gasteiger partial charge in [-0.3, -0.25) is 0 Å². The first-order chi connectivity index (χ1) is 8.85. The van der Waals surface area contributed by atoms with Gasteiger partial charge in [0.15, 0.2) is 17.7 Å². The van der Waals surface area contributed by atoms with Crippen LogP contribution in [-0.2, 0) is 4.79 Å². The zero-order chi connectivity index (χ0) is 14.6. The Hall–Kier alpha value is -1.74. The molecule has 0 aliphatic carbocycles. The summed E-state index contributed by atoms with van der Waals surface area (Å²) in [4.78, 5) is 21.9. The molecule has 4 N–H and O–H groups in total. The molecular weight excluding hydrogens is 330 g/mol. The molecule has 19 heavy (non-hydrogen) atoms. The Morgan fingerprint density at radius 1 is 1.32 bits per heavy atom. The van der Waals surface area contributed by atoms with Crippen LogP contribution in [-0.4, -0.2) is 34.9 Å². The van der Waals surface area contributed by atoms with E-state index in [1.54, 1.807) is 0 Å². The minimum atomic E-state index is -1.57. The number of benzene rings is 1. The molecule has 6 nitrogen and oxygen atoms in total. The number of carboxylic acid groups (broad SMARTS) is 1. The normalized spacial score (nSPS) is 11.8. The van der Waals surface area contributed by atoms with E-state index in [-0.39, 0.29) is 4.47 Å². The minimum Gasteiger partial charge on any atom is -0.480 e. The van der Waals surface area contributed by atoms with Crippen LogP contribution in [0.3, 0.4) is 0 Å². The summed E-state index contributed by atoms with van der Waals surface area (Å²) < 4.78 is 26.9. The Labute approximate surface area is 114 Å². The molecule has 2 amide bonds. The predicted molar refractivity (Wildman–Crippen MR) is 64.7 cm³/mol. The molecule has 1 aromatic rings. The van der Waals surface area contributed by atoms with Gasteiger partial charge in [-0.15, -0.1) is 0 Å². The van der Waals surface area contributed by atoms with E-state index in [9.17, 15) is 18.4 Å². The maximum atomic E-state index is 13.4. The molecule has 104 valence electrons. The molecule has 0 saturated heterocycles. The number of carbonyl (C=O) groups excluding carboxylic acids is 1. The summed E-state index contributed by atoms with van der Waals surface area (Å²) in [5.74, 6) is -3.54. The van der Waals surface area contributed by atoms with Crippen LogP contribution in [0.25, 0.3) is 0 Å². The molecule has 0 aliphatic rings. The van der Waals surface area contributed by atoms with Gasteiger partial charge in [-0.05, 0) is 12.1 Å². The van der Waals surface area contributed by atoms with Crippen LogP contribution in [0, 0.1) is 11.6 Å². The van der Waals surface area contributed by atoms with E-state index < -0.39 is 42.0 Å². The largest absolute Gasteiger partial charge is 0.480 e. The molecule has 1 atom stereocenters. The van der Waals surface area contributed by atoms with Crippen LogP contribution < -0.4 is 10.6 Å². The summed E-state index contributed by atoms with van der Waals surface area (Å²) in [5.41, 5.74) is -0.720. The van der Waals surface area contributed by atoms with Crippen LogP contribution in [0.2, 0.25) is 0 Å². The molecule has 0 saturated carbocycles. The van der Waals surface area contributed by atoms with Crippen LogP contribution >= 0.6 is 15.9 Å². The number of carbonyl (C=O) groups is 2. The third-order valence-corrected chi connectivity index (χ3v) is 2.49. The van der Waals surface area contributed by atoms with Crippen molar-refractivity contribution < 1.29 is 28.6 Å². The van der Waals surface area contributed by atoms with Gasteiger partial charge in [0.25, 0.3) is 0 Å². The van der Waals surface area contributed by atoms with Crippen LogP contribution in [0.5, 0.6) is 0 Å². The lowest BCUT2D eigenvalue weighted by atomic mass is 10.3. The number of urea groups is 1. The zero-order valence-corrected chi connectivity index (χ0v) is 10.9. The fourth-order valence-electron chi connectivity index (χ4n) is 1.15. The Kier molecular flexibility index (Phi) is 5.19. The first-order valence-electron chi connectivity index (χ1n) is 4.91. The molecule has 0 aromatic heterocycles. The molecule has 0 spiro atoms. The summed E-state index contributed by atoms with van der Waals surface area (Å²) >= 11 is 2.86. The van der Waals surface area contributed by atoms with Gasteiger partial charge in [-0.25, -0.2) is 18.4 Å². The Morgan fingerprint density at radius 2 is 1.84 bits per heavy atom. The Balaban J connectivity index is 2.80. The standard InChI is InChI=1S/C10H9BrF2N2O4/c11-4-1-5(12)8(6(13)2-4)15-10(19)14-7(3-16)9(17)18/h1-2,7,16H,3H2,(H,17,18)(H2,14,15,19)/t7-/m0/s1. The summed E-state index contributed by atoms with van der Waals surface area (Å²) in [6.07, 6.45) is 0. The van der Waals surface area contributed by atoms with E-state index in [1.807, 2.05) is 10.6 Å². The third-order valence-electron chi connectivity index (χ3n) is 2.03. The van der Waals surface area contributed by atoms with Crippen LogP contribution in [0.4, 0.5) is 19.3 Å². The molecular formula is C10H9BrF2N2O4. The van der Waals surface area contributed by atoms with E-state index in [0.29, 0.717) is 0 Å². The number of aliphatic hydroxyl groups is 1. The maximum absolute atomic E-state index is 13.4. The summed E-state index contributed by atoms with van der Waals surface area (Å²) in [7, 11) is 0. The molecule has 0 bridgehead atoms. The number of anilines is 1. The van der Waals surface area contributed by atoms with Crippen LogP contribution in [0.15, 0.2) is 16.6 Å². The molecule has 9 heteroatoms. The van der Waals surface area contributed by atoms with E-state index in [4.69, 9.17) is 10.2 Å². The zero-order valence-electron chi connectivity index (χ0n) is 9.28. The van der Waals surface area contributed by atoms with E-state index in [0.717, 1.165) is 12.1 Å².